The van der Waals surface area contributed by atoms with E-state index in [-0.39, 0.29) is 17.9 Å². The lowest BCUT2D eigenvalue weighted by atomic mass is 9.66. The van der Waals surface area contributed by atoms with Crippen LogP contribution in [0.3, 0.4) is 0 Å². The van der Waals surface area contributed by atoms with Crippen molar-refractivity contribution in [1.29, 1.82) is 0 Å². The van der Waals surface area contributed by atoms with E-state index in [1.165, 1.54) is 0 Å². The number of aliphatic hydroxyl groups is 3. The molecule has 1 heterocycles. The topological polar surface area (TPSA) is 79.2 Å². The number of aliphatic hydroxyl groups excluding tert-OH is 3. The molecular formula is C18H36O5. The molecular weight excluding hydrogens is 296 g/mol. The van der Waals surface area contributed by atoms with Crippen LogP contribution in [0.1, 0.15) is 67.2 Å². The molecule has 1 aliphatic heterocycles. The summed E-state index contributed by atoms with van der Waals surface area (Å²) >= 11 is 0. The maximum absolute atomic E-state index is 10.7. The van der Waals surface area contributed by atoms with E-state index in [0.29, 0.717) is 0 Å². The van der Waals surface area contributed by atoms with E-state index in [1.807, 2.05) is 20.8 Å². The minimum absolute atomic E-state index is 0.196. The van der Waals surface area contributed by atoms with Gasteiger partial charge in [-0.3, -0.25) is 0 Å². The van der Waals surface area contributed by atoms with Gasteiger partial charge in [-0.25, -0.2) is 0 Å². The number of hydrogen-bond acceptors (Lipinski definition) is 5. The molecule has 1 saturated heterocycles. The van der Waals surface area contributed by atoms with Crippen LogP contribution in [0.2, 0.25) is 0 Å². The van der Waals surface area contributed by atoms with E-state index in [4.69, 9.17) is 9.47 Å². The first kappa shape index (κ1) is 20.8. The van der Waals surface area contributed by atoms with Crippen molar-refractivity contribution in [2.45, 2.75) is 97.4 Å². The Bertz CT molecular complexity index is 347. The fourth-order valence-corrected chi connectivity index (χ4v) is 3.46. The van der Waals surface area contributed by atoms with E-state index in [1.54, 1.807) is 0 Å². The summed E-state index contributed by atoms with van der Waals surface area (Å²) in [4.78, 5) is 0. The highest BCUT2D eigenvalue weighted by Crippen LogP contribution is 2.44. The van der Waals surface area contributed by atoms with E-state index in [2.05, 4.69) is 20.8 Å². The first-order chi connectivity index (χ1) is 10.7. The van der Waals surface area contributed by atoms with Gasteiger partial charge in [-0.15, -0.1) is 0 Å². The van der Waals surface area contributed by atoms with Gasteiger partial charge in [0.05, 0.1) is 24.4 Å². The second-order valence-corrected chi connectivity index (χ2v) is 7.37. The first-order valence-electron chi connectivity index (χ1n) is 9.02. The number of rotatable bonds is 8. The molecule has 0 aromatic carbocycles. The molecule has 0 aliphatic carbocycles. The van der Waals surface area contributed by atoms with Crippen molar-refractivity contribution < 1.29 is 24.8 Å². The normalized spacial score (nSPS) is 33.0. The fraction of sp³-hybridized carbons (Fsp3) is 1.00. The Morgan fingerprint density at radius 1 is 0.913 bits per heavy atom. The van der Waals surface area contributed by atoms with Gasteiger partial charge in [0.15, 0.2) is 6.29 Å². The molecule has 0 bridgehead atoms. The van der Waals surface area contributed by atoms with Gasteiger partial charge in [0.1, 0.15) is 6.10 Å². The second-order valence-electron chi connectivity index (χ2n) is 7.37. The van der Waals surface area contributed by atoms with Crippen LogP contribution in [-0.2, 0) is 9.47 Å². The molecule has 0 aromatic rings. The fourth-order valence-electron chi connectivity index (χ4n) is 3.46. The quantitative estimate of drug-likeness (QED) is 0.636. The standard InChI is InChI=1S/C18H36O5/c1-7-17(5,8-2)13-12(11-19)22-16(15(21)14(13)20)23-18(6,9-3)10-4/h12-16,19-21H,7-11H2,1-6H3. The summed E-state index contributed by atoms with van der Waals surface area (Å²) in [6, 6.07) is 0. The predicted octanol–water partition coefficient (Wildman–Crippen LogP) is 2.46. The molecule has 5 nitrogen and oxygen atoms in total. The highest BCUT2D eigenvalue weighted by molar-refractivity contribution is 4.97. The van der Waals surface area contributed by atoms with E-state index in [0.717, 1.165) is 25.7 Å². The van der Waals surface area contributed by atoms with Crippen molar-refractivity contribution >= 4 is 0 Å². The summed E-state index contributed by atoms with van der Waals surface area (Å²) in [6.45, 7) is 12.0. The van der Waals surface area contributed by atoms with Crippen molar-refractivity contribution in [3.8, 4) is 0 Å². The lowest BCUT2D eigenvalue weighted by Gasteiger charge is -2.50. The van der Waals surface area contributed by atoms with Crippen LogP contribution in [0.25, 0.3) is 0 Å². The first-order valence-corrected chi connectivity index (χ1v) is 9.02. The van der Waals surface area contributed by atoms with Crippen LogP contribution in [0, 0.1) is 11.3 Å². The number of hydrogen-bond donors (Lipinski definition) is 3. The molecule has 5 unspecified atom stereocenters. The van der Waals surface area contributed by atoms with Crippen LogP contribution in [0.4, 0.5) is 0 Å². The summed E-state index contributed by atoms with van der Waals surface area (Å²) < 4.78 is 11.9. The van der Waals surface area contributed by atoms with Crippen molar-refractivity contribution in [3.63, 3.8) is 0 Å². The Kier molecular flexibility index (Phi) is 7.48. The molecule has 138 valence electrons. The Morgan fingerprint density at radius 2 is 1.43 bits per heavy atom. The maximum atomic E-state index is 10.7. The van der Waals surface area contributed by atoms with Crippen LogP contribution >= 0.6 is 0 Å². The average molecular weight is 332 g/mol. The third kappa shape index (κ3) is 4.26. The smallest absolute Gasteiger partial charge is 0.187 e. The minimum atomic E-state index is -1.11. The van der Waals surface area contributed by atoms with E-state index < -0.39 is 30.2 Å². The molecule has 0 spiro atoms. The van der Waals surface area contributed by atoms with Crippen LogP contribution in [-0.4, -0.2) is 52.1 Å². The summed E-state index contributed by atoms with van der Waals surface area (Å²) in [7, 11) is 0. The van der Waals surface area contributed by atoms with Crippen molar-refractivity contribution in [1.82, 2.24) is 0 Å². The van der Waals surface area contributed by atoms with Gasteiger partial charge in [-0.05, 0) is 25.2 Å². The van der Waals surface area contributed by atoms with Crippen molar-refractivity contribution in [3.05, 3.63) is 0 Å². The number of ether oxygens (including phenoxy) is 2. The predicted molar refractivity (Wildman–Crippen MR) is 90.0 cm³/mol. The van der Waals surface area contributed by atoms with Gasteiger partial charge in [0.2, 0.25) is 0 Å². The van der Waals surface area contributed by atoms with Crippen LogP contribution in [0.5, 0.6) is 0 Å². The second kappa shape index (κ2) is 8.26. The van der Waals surface area contributed by atoms with Crippen molar-refractivity contribution in [2.24, 2.45) is 11.3 Å². The van der Waals surface area contributed by atoms with Gasteiger partial charge < -0.3 is 24.8 Å². The van der Waals surface area contributed by atoms with Crippen LogP contribution in [0.15, 0.2) is 0 Å². The molecule has 0 aromatic heterocycles. The Balaban J connectivity index is 3.02. The highest BCUT2D eigenvalue weighted by Gasteiger charge is 2.52. The van der Waals surface area contributed by atoms with Crippen LogP contribution < -0.4 is 0 Å². The molecule has 0 amide bonds. The van der Waals surface area contributed by atoms with Gasteiger partial charge in [0, 0.05) is 5.92 Å². The lowest BCUT2D eigenvalue weighted by molar-refractivity contribution is -0.328. The molecule has 0 radical (unpaired) electrons. The summed E-state index contributed by atoms with van der Waals surface area (Å²) in [5.41, 5.74) is -0.630. The largest absolute Gasteiger partial charge is 0.394 e. The van der Waals surface area contributed by atoms with Gasteiger partial charge in [-0.2, -0.15) is 0 Å². The molecule has 0 saturated carbocycles. The van der Waals surface area contributed by atoms with E-state index in [9.17, 15) is 15.3 Å². The Labute approximate surface area is 141 Å². The molecule has 5 atom stereocenters. The SMILES string of the molecule is CCC(C)(CC)OC1OC(CO)C(C(C)(CC)CC)C(O)C1O. The average Bonchev–Trinajstić information content (AvgIpc) is 2.57. The summed E-state index contributed by atoms with van der Waals surface area (Å²) in [5.74, 6) is -0.327. The molecule has 1 fully saturated rings. The molecule has 23 heavy (non-hydrogen) atoms. The van der Waals surface area contributed by atoms with Crippen molar-refractivity contribution in [2.75, 3.05) is 6.61 Å². The molecule has 5 heteroatoms. The molecule has 3 N–H and O–H groups in total. The maximum Gasteiger partial charge on any atom is 0.187 e. The van der Waals surface area contributed by atoms with E-state index >= 15 is 0 Å². The third-order valence-electron chi connectivity index (χ3n) is 6.20. The zero-order valence-electron chi connectivity index (χ0n) is 15.6. The Hall–Kier alpha value is -0.200. The monoisotopic (exact) mass is 332 g/mol. The third-order valence-corrected chi connectivity index (χ3v) is 6.20. The Morgan fingerprint density at radius 3 is 1.83 bits per heavy atom. The molecule has 1 aliphatic rings. The van der Waals surface area contributed by atoms with Gasteiger partial charge in [-0.1, -0.05) is 47.5 Å². The zero-order chi connectivity index (χ0) is 17.8. The van der Waals surface area contributed by atoms with Gasteiger partial charge >= 0.3 is 0 Å². The highest BCUT2D eigenvalue weighted by atomic mass is 16.7. The van der Waals surface area contributed by atoms with Gasteiger partial charge in [0.25, 0.3) is 0 Å². The lowest BCUT2D eigenvalue weighted by Crippen LogP contribution is -2.61. The summed E-state index contributed by atoms with van der Waals surface area (Å²) in [5, 5.41) is 31.1. The zero-order valence-corrected chi connectivity index (χ0v) is 15.6. The molecule has 1 rings (SSSR count). The minimum Gasteiger partial charge on any atom is -0.394 e. The summed E-state index contributed by atoms with van der Waals surface area (Å²) in [6.07, 6.45) is -0.313.